The van der Waals surface area contributed by atoms with Gasteiger partial charge in [0.25, 0.3) is 0 Å². The minimum absolute atomic E-state index is 0.0261. The van der Waals surface area contributed by atoms with Crippen LogP contribution in [0.2, 0.25) is 0 Å². The Morgan fingerprint density at radius 3 is 2.33 bits per heavy atom. The number of hydrogen-bond donors (Lipinski definition) is 0. The molecule has 3 atom stereocenters. The van der Waals surface area contributed by atoms with Crippen molar-refractivity contribution >= 4 is 29.8 Å². The molecular weight excluding hydrogens is 468 g/mol. The van der Waals surface area contributed by atoms with Gasteiger partial charge in [-0.3, -0.25) is 14.4 Å². The second-order valence-electron chi connectivity index (χ2n) is 10.1. The van der Waals surface area contributed by atoms with Crippen LogP contribution in [-0.2, 0) is 39.9 Å². The molecule has 0 N–H and O–H groups in total. The van der Waals surface area contributed by atoms with Crippen molar-refractivity contribution in [3.8, 4) is 0 Å². The molecule has 0 aliphatic carbocycles. The number of methoxy groups -OCH3 is 1. The van der Waals surface area contributed by atoms with E-state index in [1.165, 1.54) is 7.11 Å². The zero-order valence-electron chi connectivity index (χ0n) is 21.4. The van der Waals surface area contributed by atoms with Crippen LogP contribution in [0.3, 0.4) is 0 Å². The molecule has 2 saturated heterocycles. The van der Waals surface area contributed by atoms with Gasteiger partial charge in [-0.05, 0) is 45.6 Å². The van der Waals surface area contributed by atoms with Crippen LogP contribution >= 0.6 is 0 Å². The number of carbonyl (C=O) groups is 5. The first-order valence-corrected chi connectivity index (χ1v) is 12.1. The van der Waals surface area contributed by atoms with Gasteiger partial charge in [0.2, 0.25) is 11.8 Å². The smallest absolute Gasteiger partial charge is 0.417 e. The van der Waals surface area contributed by atoms with E-state index in [1.807, 2.05) is 30.3 Å². The molecule has 3 rings (SSSR count). The first kappa shape index (κ1) is 27.2. The molecule has 0 aromatic heterocycles. The predicted molar refractivity (Wildman–Crippen MR) is 127 cm³/mol. The lowest BCUT2D eigenvalue weighted by Gasteiger charge is -2.43. The molecule has 3 amide bonds. The highest BCUT2D eigenvalue weighted by Crippen LogP contribution is 2.50. The maximum atomic E-state index is 14.0. The first-order chi connectivity index (χ1) is 16.9. The van der Waals surface area contributed by atoms with Gasteiger partial charge in [0.05, 0.1) is 13.7 Å². The molecule has 36 heavy (non-hydrogen) atoms. The molecule has 0 bridgehead atoms. The monoisotopic (exact) mass is 502 g/mol. The van der Waals surface area contributed by atoms with Gasteiger partial charge >= 0.3 is 18.0 Å². The number of imide groups is 1. The van der Waals surface area contributed by atoms with Gasteiger partial charge in [0.1, 0.15) is 17.1 Å². The van der Waals surface area contributed by atoms with Gasteiger partial charge in [-0.25, -0.2) is 14.5 Å². The molecule has 2 aliphatic rings. The Labute approximate surface area is 210 Å². The second kappa shape index (κ2) is 10.7. The lowest BCUT2D eigenvalue weighted by molar-refractivity contribution is -0.162. The van der Waals surface area contributed by atoms with Crippen molar-refractivity contribution in [3.63, 3.8) is 0 Å². The molecular formula is C26H34N2O8. The van der Waals surface area contributed by atoms with Crippen molar-refractivity contribution in [1.82, 2.24) is 9.80 Å². The normalized spacial score (nSPS) is 24.1. The number of piperidine rings is 1. The predicted octanol–water partition coefficient (Wildman–Crippen LogP) is 2.68. The third kappa shape index (κ3) is 5.37. The number of nitrogens with zero attached hydrogens (tertiary/aromatic N) is 2. The molecule has 196 valence electrons. The van der Waals surface area contributed by atoms with E-state index in [4.69, 9.17) is 14.2 Å². The van der Waals surface area contributed by atoms with E-state index in [-0.39, 0.29) is 26.0 Å². The molecule has 2 heterocycles. The van der Waals surface area contributed by atoms with Crippen LogP contribution in [0.25, 0.3) is 0 Å². The summed E-state index contributed by atoms with van der Waals surface area (Å²) >= 11 is 0. The van der Waals surface area contributed by atoms with E-state index >= 15 is 0 Å². The van der Waals surface area contributed by atoms with E-state index in [0.29, 0.717) is 17.9 Å². The van der Waals surface area contributed by atoms with E-state index in [1.54, 1.807) is 32.6 Å². The molecule has 0 unspecified atom stereocenters. The lowest BCUT2D eigenvalue weighted by Crippen LogP contribution is -2.57. The average Bonchev–Trinajstić information content (AvgIpc) is 3.12. The Balaban J connectivity index is 2.06. The minimum Gasteiger partial charge on any atom is -0.469 e. The molecule has 0 radical (unpaired) electrons. The Bertz CT molecular complexity index is 1020. The van der Waals surface area contributed by atoms with E-state index < -0.39 is 52.8 Å². The van der Waals surface area contributed by atoms with Gasteiger partial charge in [-0.2, -0.15) is 0 Å². The lowest BCUT2D eigenvalue weighted by atomic mass is 9.66. The van der Waals surface area contributed by atoms with Crippen molar-refractivity contribution < 1.29 is 38.2 Å². The quantitative estimate of drug-likeness (QED) is 0.331. The minimum atomic E-state index is -1.81. The van der Waals surface area contributed by atoms with Crippen LogP contribution in [0.4, 0.5) is 4.79 Å². The third-order valence-corrected chi connectivity index (χ3v) is 6.55. The zero-order chi connectivity index (χ0) is 26.7. The van der Waals surface area contributed by atoms with Crippen LogP contribution < -0.4 is 0 Å². The van der Waals surface area contributed by atoms with Gasteiger partial charge in [0.15, 0.2) is 0 Å². The summed E-state index contributed by atoms with van der Waals surface area (Å²) in [4.78, 5) is 68.7. The topological polar surface area (TPSA) is 120 Å². The molecule has 1 spiro atoms. The van der Waals surface area contributed by atoms with Crippen molar-refractivity contribution in [2.75, 3.05) is 20.3 Å². The van der Waals surface area contributed by atoms with E-state index in [2.05, 4.69) is 0 Å². The highest BCUT2D eigenvalue weighted by molar-refractivity contribution is 6.14. The van der Waals surface area contributed by atoms with E-state index in [9.17, 15) is 24.0 Å². The second-order valence-corrected chi connectivity index (χ2v) is 10.1. The molecule has 10 heteroatoms. The van der Waals surface area contributed by atoms with Gasteiger partial charge in [-0.1, -0.05) is 30.3 Å². The maximum Gasteiger partial charge on any atom is 0.417 e. The third-order valence-electron chi connectivity index (χ3n) is 6.55. The molecule has 2 aliphatic heterocycles. The number of benzene rings is 1. The van der Waals surface area contributed by atoms with Gasteiger partial charge in [0, 0.05) is 25.9 Å². The fraction of sp³-hybridized carbons (Fsp3) is 0.577. The summed E-state index contributed by atoms with van der Waals surface area (Å²) in [6, 6.07) is 7.94. The van der Waals surface area contributed by atoms with E-state index in [0.717, 1.165) is 5.56 Å². The van der Waals surface area contributed by atoms with Gasteiger partial charge < -0.3 is 19.1 Å². The summed E-state index contributed by atoms with van der Waals surface area (Å²) in [6.45, 7) is 7.08. The van der Waals surface area contributed by atoms with Crippen molar-refractivity contribution in [3.05, 3.63) is 35.9 Å². The molecule has 1 aromatic rings. The van der Waals surface area contributed by atoms with Crippen molar-refractivity contribution in [1.29, 1.82) is 0 Å². The highest BCUT2D eigenvalue weighted by atomic mass is 16.6. The maximum absolute atomic E-state index is 14.0. The number of likely N-dealkylation sites (tertiary alicyclic amines) is 2. The summed E-state index contributed by atoms with van der Waals surface area (Å²) in [6.07, 6.45) is -1.22. The van der Waals surface area contributed by atoms with Crippen LogP contribution in [0.15, 0.2) is 30.3 Å². The Kier molecular flexibility index (Phi) is 8.05. The SMILES string of the molecule is CCOC(=O)[C@H]1C[C@@]2(C(=O)N(Cc3ccccc3)CC[C@H]2CC(=O)OC)C(=O)N1C(=O)OC(C)(C)C. The molecule has 1 aromatic carbocycles. The summed E-state index contributed by atoms with van der Waals surface area (Å²) in [5.41, 5.74) is -1.90. The number of rotatable bonds is 6. The molecule has 10 nitrogen and oxygen atoms in total. The Morgan fingerprint density at radius 2 is 1.75 bits per heavy atom. The largest absolute Gasteiger partial charge is 0.469 e. The van der Waals surface area contributed by atoms with Crippen molar-refractivity contribution in [2.45, 2.75) is 65.1 Å². The van der Waals surface area contributed by atoms with Crippen LogP contribution in [0.1, 0.15) is 52.5 Å². The average molecular weight is 503 g/mol. The molecule has 2 fully saturated rings. The van der Waals surface area contributed by atoms with Crippen LogP contribution in [0, 0.1) is 11.3 Å². The summed E-state index contributed by atoms with van der Waals surface area (Å²) < 4.78 is 15.4. The fourth-order valence-corrected chi connectivity index (χ4v) is 4.94. The molecule has 0 saturated carbocycles. The van der Waals surface area contributed by atoms with Crippen LogP contribution in [0.5, 0.6) is 0 Å². The zero-order valence-corrected chi connectivity index (χ0v) is 21.4. The summed E-state index contributed by atoms with van der Waals surface area (Å²) in [5, 5.41) is 0. The number of carbonyl (C=O) groups excluding carboxylic acids is 5. The number of esters is 2. The number of hydrogen-bond acceptors (Lipinski definition) is 8. The van der Waals surface area contributed by atoms with Crippen LogP contribution in [-0.4, -0.2) is 71.6 Å². The highest BCUT2D eigenvalue weighted by Gasteiger charge is 2.67. The summed E-state index contributed by atoms with van der Waals surface area (Å²) in [5.74, 6) is -3.54. The fourth-order valence-electron chi connectivity index (χ4n) is 4.94. The Hall–Kier alpha value is -3.43. The Morgan fingerprint density at radius 1 is 1.08 bits per heavy atom. The van der Waals surface area contributed by atoms with Gasteiger partial charge in [-0.15, -0.1) is 0 Å². The number of amides is 3. The standard InChI is InChI=1S/C26H34N2O8/c1-6-35-21(30)19-15-26(23(32)28(19)24(33)36-25(2,3)4)18(14-20(29)34-5)12-13-27(22(26)31)16-17-10-8-7-9-11-17/h7-11,18-19H,6,12-16H2,1-5H3/t18-,19+,26+/m0/s1. The van der Waals surface area contributed by atoms with Crippen molar-refractivity contribution in [2.24, 2.45) is 11.3 Å². The summed E-state index contributed by atoms with van der Waals surface area (Å²) in [7, 11) is 1.23. The number of ether oxygens (including phenoxy) is 3. The first-order valence-electron chi connectivity index (χ1n) is 12.1.